The van der Waals surface area contributed by atoms with Gasteiger partial charge in [0.25, 0.3) is 0 Å². The minimum absolute atomic E-state index is 0.00976. The number of aromatic nitrogens is 1. The quantitative estimate of drug-likeness (QED) is 0.926. The second-order valence-electron chi connectivity index (χ2n) is 5.08. The van der Waals surface area contributed by atoms with Crippen LogP contribution in [0.1, 0.15) is 37.1 Å². The molecule has 0 amide bonds. The van der Waals surface area contributed by atoms with Crippen molar-refractivity contribution < 1.29 is 0 Å². The van der Waals surface area contributed by atoms with Crippen LogP contribution in [0.4, 0.5) is 5.82 Å². The van der Waals surface area contributed by atoms with Crippen LogP contribution in [0.3, 0.4) is 0 Å². The molecule has 3 nitrogen and oxygen atoms in total. The van der Waals surface area contributed by atoms with Crippen molar-refractivity contribution in [2.45, 2.75) is 25.9 Å². The molecule has 2 aromatic rings. The second kappa shape index (κ2) is 6.25. The molecule has 0 aliphatic carbocycles. The van der Waals surface area contributed by atoms with Crippen molar-refractivity contribution in [3.05, 3.63) is 58.7 Å². The lowest BCUT2D eigenvalue weighted by atomic mass is 10.1. The van der Waals surface area contributed by atoms with Crippen LogP contribution in [0, 0.1) is 0 Å². The van der Waals surface area contributed by atoms with Gasteiger partial charge >= 0.3 is 0 Å². The molecule has 0 saturated carbocycles. The van der Waals surface area contributed by atoms with E-state index in [1.165, 1.54) is 5.56 Å². The number of halogens is 1. The van der Waals surface area contributed by atoms with E-state index in [-0.39, 0.29) is 12.1 Å². The Labute approximate surface area is 125 Å². The van der Waals surface area contributed by atoms with Crippen LogP contribution in [0.25, 0.3) is 0 Å². The minimum atomic E-state index is 0.00976. The molecule has 0 radical (unpaired) electrons. The third-order valence-electron chi connectivity index (χ3n) is 3.59. The zero-order chi connectivity index (χ0) is 14.7. The summed E-state index contributed by atoms with van der Waals surface area (Å²) < 4.78 is 0. The lowest BCUT2D eigenvalue weighted by Crippen LogP contribution is -2.22. The van der Waals surface area contributed by atoms with E-state index < -0.39 is 0 Å². The van der Waals surface area contributed by atoms with Gasteiger partial charge < -0.3 is 10.6 Å². The summed E-state index contributed by atoms with van der Waals surface area (Å²) in [5.74, 6) is 0.928. The number of hydrogen-bond acceptors (Lipinski definition) is 3. The smallest absolute Gasteiger partial charge is 0.128 e. The van der Waals surface area contributed by atoms with E-state index in [9.17, 15) is 0 Å². The van der Waals surface area contributed by atoms with Crippen molar-refractivity contribution >= 4 is 17.4 Å². The highest BCUT2D eigenvalue weighted by molar-refractivity contribution is 6.30. The van der Waals surface area contributed by atoms with Crippen LogP contribution in [0.15, 0.2) is 42.6 Å². The fourth-order valence-electron chi connectivity index (χ4n) is 2.04. The molecule has 1 aromatic carbocycles. The van der Waals surface area contributed by atoms with Gasteiger partial charge in [-0.15, -0.1) is 0 Å². The van der Waals surface area contributed by atoms with Crippen LogP contribution in [0.2, 0.25) is 5.02 Å². The molecule has 0 fully saturated rings. The van der Waals surface area contributed by atoms with E-state index >= 15 is 0 Å². The highest BCUT2D eigenvalue weighted by Gasteiger charge is 2.13. The SMILES string of the molecule is CC(c1ccc(Cl)cc1)N(C)c1ccc([C@H](C)N)cn1. The Balaban J connectivity index is 2.17. The summed E-state index contributed by atoms with van der Waals surface area (Å²) in [5, 5.41) is 0.753. The maximum absolute atomic E-state index is 5.92. The molecule has 106 valence electrons. The van der Waals surface area contributed by atoms with E-state index in [0.717, 1.165) is 16.4 Å². The van der Waals surface area contributed by atoms with Gasteiger partial charge in [-0.05, 0) is 43.2 Å². The van der Waals surface area contributed by atoms with Gasteiger partial charge in [-0.3, -0.25) is 0 Å². The van der Waals surface area contributed by atoms with Crippen molar-refractivity contribution in [3.8, 4) is 0 Å². The van der Waals surface area contributed by atoms with Crippen molar-refractivity contribution in [3.63, 3.8) is 0 Å². The molecular weight excluding hydrogens is 270 g/mol. The molecular formula is C16H20ClN3. The predicted molar refractivity (Wildman–Crippen MR) is 85.1 cm³/mol. The number of nitrogens with zero attached hydrogens (tertiary/aromatic N) is 2. The summed E-state index contributed by atoms with van der Waals surface area (Å²) in [4.78, 5) is 6.62. The average Bonchev–Trinajstić information content (AvgIpc) is 2.46. The topological polar surface area (TPSA) is 42.1 Å². The monoisotopic (exact) mass is 289 g/mol. The van der Waals surface area contributed by atoms with Crippen molar-refractivity contribution in [2.75, 3.05) is 11.9 Å². The first kappa shape index (κ1) is 14.8. The number of benzene rings is 1. The third-order valence-corrected chi connectivity index (χ3v) is 3.84. The van der Waals surface area contributed by atoms with Gasteiger partial charge in [0, 0.05) is 24.3 Å². The fourth-order valence-corrected chi connectivity index (χ4v) is 2.16. The first-order chi connectivity index (χ1) is 9.49. The highest BCUT2D eigenvalue weighted by Crippen LogP contribution is 2.25. The first-order valence-corrected chi connectivity index (χ1v) is 7.06. The van der Waals surface area contributed by atoms with Crippen molar-refractivity contribution in [2.24, 2.45) is 5.73 Å². The zero-order valence-electron chi connectivity index (χ0n) is 12.0. The molecule has 0 saturated heterocycles. The highest BCUT2D eigenvalue weighted by atomic mass is 35.5. The molecule has 4 heteroatoms. The maximum atomic E-state index is 5.92. The van der Waals surface area contributed by atoms with Gasteiger partial charge in [-0.1, -0.05) is 29.8 Å². The molecule has 2 atom stereocenters. The Kier molecular flexibility index (Phi) is 4.63. The van der Waals surface area contributed by atoms with Gasteiger partial charge in [0.15, 0.2) is 0 Å². The van der Waals surface area contributed by atoms with Crippen LogP contribution >= 0.6 is 11.6 Å². The van der Waals surface area contributed by atoms with E-state index in [2.05, 4.69) is 16.8 Å². The van der Waals surface area contributed by atoms with Gasteiger partial charge in [0.05, 0.1) is 6.04 Å². The summed E-state index contributed by atoms with van der Waals surface area (Å²) in [6.45, 7) is 4.10. The number of anilines is 1. The molecule has 0 aliphatic rings. The first-order valence-electron chi connectivity index (χ1n) is 6.69. The number of pyridine rings is 1. The summed E-state index contributed by atoms with van der Waals surface area (Å²) >= 11 is 5.92. The fraction of sp³-hybridized carbons (Fsp3) is 0.312. The summed E-state index contributed by atoms with van der Waals surface area (Å²) in [6.07, 6.45) is 1.84. The van der Waals surface area contributed by atoms with Crippen LogP contribution in [-0.2, 0) is 0 Å². The molecule has 2 rings (SSSR count). The molecule has 1 aromatic heterocycles. The predicted octanol–water partition coefficient (Wildman–Crippen LogP) is 3.95. The Morgan fingerprint density at radius 3 is 2.15 bits per heavy atom. The molecule has 0 bridgehead atoms. The molecule has 1 unspecified atom stereocenters. The number of rotatable bonds is 4. The average molecular weight is 290 g/mol. The Bertz CT molecular complexity index is 549. The molecule has 0 aliphatic heterocycles. The Morgan fingerprint density at radius 1 is 1.05 bits per heavy atom. The van der Waals surface area contributed by atoms with E-state index in [1.807, 2.05) is 56.6 Å². The van der Waals surface area contributed by atoms with Crippen molar-refractivity contribution in [1.82, 2.24) is 4.98 Å². The number of hydrogen-bond donors (Lipinski definition) is 1. The van der Waals surface area contributed by atoms with E-state index in [4.69, 9.17) is 17.3 Å². The molecule has 20 heavy (non-hydrogen) atoms. The summed E-state index contributed by atoms with van der Waals surface area (Å²) in [7, 11) is 2.03. The Morgan fingerprint density at radius 2 is 1.65 bits per heavy atom. The third kappa shape index (κ3) is 3.30. The van der Waals surface area contributed by atoms with Gasteiger partial charge in [0.2, 0.25) is 0 Å². The molecule has 0 spiro atoms. The van der Waals surface area contributed by atoms with Gasteiger partial charge in [-0.2, -0.15) is 0 Å². The molecule has 1 heterocycles. The maximum Gasteiger partial charge on any atom is 0.128 e. The lowest BCUT2D eigenvalue weighted by molar-refractivity contribution is 0.726. The summed E-state index contributed by atoms with van der Waals surface area (Å²) in [5.41, 5.74) is 8.09. The normalized spacial score (nSPS) is 13.8. The minimum Gasteiger partial charge on any atom is -0.353 e. The van der Waals surface area contributed by atoms with Crippen LogP contribution in [0.5, 0.6) is 0 Å². The standard InChI is InChI=1S/C16H20ClN3/c1-11(18)14-6-9-16(19-10-14)20(3)12(2)13-4-7-15(17)8-5-13/h4-12H,18H2,1-3H3/t11-,12?/m0/s1. The van der Waals surface area contributed by atoms with Crippen molar-refractivity contribution in [1.29, 1.82) is 0 Å². The van der Waals surface area contributed by atoms with Crippen LogP contribution < -0.4 is 10.6 Å². The van der Waals surface area contributed by atoms with Crippen LogP contribution in [-0.4, -0.2) is 12.0 Å². The Hall–Kier alpha value is -1.58. The largest absolute Gasteiger partial charge is 0.353 e. The van der Waals surface area contributed by atoms with Gasteiger partial charge in [0.1, 0.15) is 5.82 Å². The molecule has 2 N–H and O–H groups in total. The second-order valence-corrected chi connectivity index (χ2v) is 5.51. The lowest BCUT2D eigenvalue weighted by Gasteiger charge is -2.26. The summed E-state index contributed by atoms with van der Waals surface area (Å²) in [6, 6.07) is 12.2. The van der Waals surface area contributed by atoms with Gasteiger partial charge in [-0.25, -0.2) is 4.98 Å². The number of nitrogens with two attached hydrogens (primary N) is 1. The van der Waals surface area contributed by atoms with E-state index in [1.54, 1.807) is 0 Å². The zero-order valence-corrected chi connectivity index (χ0v) is 12.8. The van der Waals surface area contributed by atoms with E-state index in [0.29, 0.717) is 0 Å².